The molecule has 0 aliphatic heterocycles. The molecule has 2 aromatic rings. The Morgan fingerprint density at radius 3 is 2.46 bits per heavy atom. The molecule has 0 N–H and O–H groups in total. The second-order valence-corrected chi connectivity index (χ2v) is 14.0. The Kier molecular flexibility index (Phi) is 7.71. The van der Waals surface area contributed by atoms with Crippen LogP contribution < -0.4 is 0 Å². The summed E-state index contributed by atoms with van der Waals surface area (Å²) in [4.78, 5) is 4.91. The molecule has 0 amide bonds. The van der Waals surface area contributed by atoms with E-state index in [1.54, 1.807) is 6.08 Å². The molecule has 1 nitrogen and oxygen atoms in total. The van der Waals surface area contributed by atoms with E-state index in [1.807, 2.05) is 54.2 Å². The smallest absolute Gasteiger partial charge is 0.0965 e. The van der Waals surface area contributed by atoms with Gasteiger partial charge in [0.05, 0.1) is 24.4 Å². The van der Waals surface area contributed by atoms with Gasteiger partial charge in [-0.1, -0.05) is 86.6 Å². The van der Waals surface area contributed by atoms with Crippen molar-refractivity contribution >= 4 is 36.6 Å². The van der Waals surface area contributed by atoms with E-state index in [2.05, 4.69) is 62.3 Å². The van der Waals surface area contributed by atoms with Crippen LogP contribution in [-0.2, 0) is 0 Å². The van der Waals surface area contributed by atoms with Crippen LogP contribution in [0.2, 0.25) is 19.6 Å². The normalized spacial score (nSPS) is 11.9. The summed E-state index contributed by atoms with van der Waals surface area (Å²) in [6, 6.07) is 18.3. The van der Waals surface area contributed by atoms with Crippen LogP contribution in [0.3, 0.4) is 0 Å². The zero-order valence-corrected chi connectivity index (χ0v) is 17.5. The average molecular weight is 376 g/mol. The second kappa shape index (κ2) is 10.0. The molecule has 0 aliphatic rings. The first-order valence-electron chi connectivity index (χ1n) is 8.64. The SMILES string of the molecule is C=CC#Cc1ccccc1N=C(/C=C/c1ccccc1)SC[Si](C)(C)C. The molecule has 0 radical (unpaired) electrons. The lowest BCUT2D eigenvalue weighted by molar-refractivity contribution is 1.50. The molecule has 132 valence electrons. The number of para-hydroxylation sites is 1. The Hall–Kier alpha value is -2.28. The summed E-state index contributed by atoms with van der Waals surface area (Å²) in [5.74, 6) is 6.03. The first-order valence-corrected chi connectivity index (χ1v) is 13.3. The van der Waals surface area contributed by atoms with Crippen molar-refractivity contribution in [3.05, 3.63) is 84.5 Å². The lowest BCUT2D eigenvalue weighted by Crippen LogP contribution is -2.24. The molecule has 26 heavy (non-hydrogen) atoms. The van der Waals surface area contributed by atoms with Gasteiger partial charge in [0.25, 0.3) is 0 Å². The second-order valence-electron chi connectivity index (χ2n) is 7.03. The monoisotopic (exact) mass is 375 g/mol. The molecule has 2 aromatic carbocycles. The van der Waals surface area contributed by atoms with Crippen LogP contribution in [0.25, 0.3) is 6.08 Å². The van der Waals surface area contributed by atoms with Crippen molar-refractivity contribution in [3.63, 3.8) is 0 Å². The first kappa shape index (κ1) is 20.0. The highest BCUT2D eigenvalue weighted by molar-refractivity contribution is 8.15. The van der Waals surface area contributed by atoms with Crippen LogP contribution in [0.1, 0.15) is 11.1 Å². The maximum atomic E-state index is 4.91. The zero-order valence-electron chi connectivity index (χ0n) is 15.7. The van der Waals surface area contributed by atoms with Crippen molar-refractivity contribution in [3.8, 4) is 11.8 Å². The van der Waals surface area contributed by atoms with E-state index in [9.17, 15) is 0 Å². The van der Waals surface area contributed by atoms with Crippen molar-refractivity contribution in [2.75, 3.05) is 5.38 Å². The fourth-order valence-corrected chi connectivity index (χ4v) is 4.71. The summed E-state index contributed by atoms with van der Waals surface area (Å²) in [5, 5.41) is 2.15. The van der Waals surface area contributed by atoms with E-state index in [0.717, 1.165) is 21.7 Å². The van der Waals surface area contributed by atoms with Gasteiger partial charge in [0.2, 0.25) is 0 Å². The molecule has 0 unspecified atom stereocenters. The quantitative estimate of drug-likeness (QED) is 0.249. The number of aliphatic imine (C=N–C) groups is 1. The summed E-state index contributed by atoms with van der Waals surface area (Å²) in [5.41, 5.74) is 3.00. The van der Waals surface area contributed by atoms with Crippen LogP contribution in [0.5, 0.6) is 0 Å². The van der Waals surface area contributed by atoms with Crippen LogP contribution in [0.4, 0.5) is 5.69 Å². The average Bonchev–Trinajstić information content (AvgIpc) is 2.63. The lowest BCUT2D eigenvalue weighted by atomic mass is 10.2. The first-order chi connectivity index (χ1) is 12.5. The fraction of sp³-hybridized carbons (Fsp3) is 0.174. The zero-order chi connectivity index (χ0) is 18.8. The molecule has 0 saturated carbocycles. The summed E-state index contributed by atoms with van der Waals surface area (Å²) in [7, 11) is -1.17. The predicted molar refractivity (Wildman–Crippen MR) is 122 cm³/mol. The standard InChI is InChI=1S/C23H25NSSi/c1-5-6-14-21-15-10-11-16-22(21)24-23(25-19-26(2,3)4)18-17-20-12-8-7-9-13-20/h5,7-13,15-18H,1,19H2,2-4H3/b18-17+,24-23?. The summed E-state index contributed by atoms with van der Waals surface area (Å²) >= 11 is 1.83. The Balaban J connectivity index is 2.35. The Bertz CT molecular complexity index is 849. The van der Waals surface area contributed by atoms with Gasteiger partial charge in [0, 0.05) is 0 Å². The molecule has 0 heterocycles. The van der Waals surface area contributed by atoms with Gasteiger partial charge in [0.1, 0.15) is 0 Å². The van der Waals surface area contributed by atoms with E-state index in [0.29, 0.717) is 0 Å². The molecule has 3 heteroatoms. The maximum absolute atomic E-state index is 4.91. The van der Waals surface area contributed by atoms with E-state index < -0.39 is 8.07 Å². The van der Waals surface area contributed by atoms with E-state index in [1.165, 1.54) is 5.56 Å². The molecule has 0 aromatic heterocycles. The Labute approximate surface area is 163 Å². The van der Waals surface area contributed by atoms with Crippen molar-refractivity contribution in [1.82, 2.24) is 0 Å². The van der Waals surface area contributed by atoms with E-state index >= 15 is 0 Å². The third-order valence-electron chi connectivity index (χ3n) is 3.31. The van der Waals surface area contributed by atoms with Gasteiger partial charge in [-0.05, 0) is 35.2 Å². The number of hydrogen-bond donors (Lipinski definition) is 0. The minimum Gasteiger partial charge on any atom is -0.241 e. The largest absolute Gasteiger partial charge is 0.241 e. The molecule has 0 bridgehead atoms. The van der Waals surface area contributed by atoms with Crippen molar-refractivity contribution < 1.29 is 0 Å². The van der Waals surface area contributed by atoms with Crippen LogP contribution in [0.15, 0.2) is 78.3 Å². The van der Waals surface area contributed by atoms with Crippen molar-refractivity contribution in [1.29, 1.82) is 0 Å². The number of thioether (sulfide) groups is 1. The maximum Gasteiger partial charge on any atom is 0.0965 e. The summed E-state index contributed by atoms with van der Waals surface area (Å²) < 4.78 is 0. The van der Waals surface area contributed by atoms with Gasteiger partial charge < -0.3 is 0 Å². The van der Waals surface area contributed by atoms with Gasteiger partial charge in [-0.2, -0.15) is 0 Å². The molecule has 0 spiro atoms. The van der Waals surface area contributed by atoms with Crippen molar-refractivity contribution in [2.45, 2.75) is 19.6 Å². The van der Waals surface area contributed by atoms with Gasteiger partial charge in [0.15, 0.2) is 0 Å². The molecule has 0 saturated heterocycles. The number of allylic oxidation sites excluding steroid dienone is 1. The van der Waals surface area contributed by atoms with Crippen LogP contribution in [-0.4, -0.2) is 18.5 Å². The molecule has 0 aliphatic carbocycles. The predicted octanol–water partition coefficient (Wildman–Crippen LogP) is 6.58. The third kappa shape index (κ3) is 7.31. The third-order valence-corrected chi connectivity index (χ3v) is 7.88. The minimum atomic E-state index is -1.17. The minimum absolute atomic E-state index is 0.901. The Morgan fingerprint density at radius 2 is 1.77 bits per heavy atom. The number of rotatable bonds is 5. The summed E-state index contributed by atoms with van der Waals surface area (Å²) in [6.45, 7) is 10.8. The topological polar surface area (TPSA) is 12.4 Å². The highest BCUT2D eigenvalue weighted by Crippen LogP contribution is 2.23. The van der Waals surface area contributed by atoms with E-state index in [-0.39, 0.29) is 0 Å². The highest BCUT2D eigenvalue weighted by atomic mass is 32.2. The number of nitrogens with zero attached hydrogens (tertiary/aromatic N) is 1. The van der Waals surface area contributed by atoms with Crippen LogP contribution >= 0.6 is 11.8 Å². The van der Waals surface area contributed by atoms with Gasteiger partial charge in [-0.25, -0.2) is 4.99 Å². The molecule has 0 atom stereocenters. The molecular weight excluding hydrogens is 350 g/mol. The fourth-order valence-electron chi connectivity index (χ4n) is 2.06. The van der Waals surface area contributed by atoms with Gasteiger partial charge in [-0.3, -0.25) is 0 Å². The molecular formula is C23H25NSSi. The van der Waals surface area contributed by atoms with E-state index in [4.69, 9.17) is 4.99 Å². The highest BCUT2D eigenvalue weighted by Gasteiger charge is 2.14. The summed E-state index contributed by atoms with van der Waals surface area (Å²) in [6.07, 6.45) is 5.84. The Morgan fingerprint density at radius 1 is 1.08 bits per heavy atom. The lowest BCUT2D eigenvalue weighted by Gasteiger charge is -2.15. The number of benzene rings is 2. The van der Waals surface area contributed by atoms with Gasteiger partial charge >= 0.3 is 0 Å². The molecule has 0 fully saturated rings. The molecule has 2 rings (SSSR count). The van der Waals surface area contributed by atoms with Crippen LogP contribution in [0, 0.1) is 11.8 Å². The van der Waals surface area contributed by atoms with Crippen molar-refractivity contribution in [2.24, 2.45) is 4.99 Å². The number of hydrogen-bond acceptors (Lipinski definition) is 2. The van der Waals surface area contributed by atoms with Gasteiger partial charge in [-0.15, -0.1) is 11.8 Å².